The molecular weight excluding hydrogens is 492 g/mol. The molecule has 37 heavy (non-hydrogen) atoms. The SMILES string of the molecule is CC.NC(=O)C1(S(=O)(=O)c2ccc(OCC(=O)Nc3cccc(-c4ccccc4)c3)cc2)CCOCC1. The Morgan fingerprint density at radius 3 is 2.16 bits per heavy atom. The number of anilines is 1. The molecule has 0 aromatic heterocycles. The molecule has 0 radical (unpaired) electrons. The molecule has 0 atom stereocenters. The first-order valence-electron chi connectivity index (χ1n) is 12.1. The lowest BCUT2D eigenvalue weighted by Gasteiger charge is -2.33. The van der Waals surface area contributed by atoms with E-state index in [-0.39, 0.29) is 43.5 Å². The Balaban J connectivity index is 0.00000186. The summed E-state index contributed by atoms with van der Waals surface area (Å²) in [6, 6.07) is 22.9. The van der Waals surface area contributed by atoms with Gasteiger partial charge >= 0.3 is 0 Å². The summed E-state index contributed by atoms with van der Waals surface area (Å²) in [7, 11) is -4.03. The molecule has 0 saturated carbocycles. The highest BCUT2D eigenvalue weighted by molar-refractivity contribution is 7.93. The van der Waals surface area contributed by atoms with Crippen molar-refractivity contribution in [2.45, 2.75) is 36.3 Å². The van der Waals surface area contributed by atoms with E-state index in [1.54, 1.807) is 6.07 Å². The van der Waals surface area contributed by atoms with Crippen molar-refractivity contribution in [2.75, 3.05) is 25.1 Å². The highest BCUT2D eigenvalue weighted by atomic mass is 32.2. The number of carbonyl (C=O) groups excluding carboxylic acids is 2. The van der Waals surface area contributed by atoms with Crippen molar-refractivity contribution in [2.24, 2.45) is 5.73 Å². The maximum Gasteiger partial charge on any atom is 0.262 e. The number of carbonyl (C=O) groups is 2. The minimum atomic E-state index is -4.03. The summed E-state index contributed by atoms with van der Waals surface area (Å²) < 4.78 is 35.5. The summed E-state index contributed by atoms with van der Waals surface area (Å²) in [5.41, 5.74) is 8.14. The molecule has 2 amide bonds. The normalized spacial score (nSPS) is 14.5. The highest BCUT2D eigenvalue weighted by Gasteiger charge is 2.51. The van der Waals surface area contributed by atoms with Gasteiger partial charge in [-0.05, 0) is 60.4 Å². The fourth-order valence-electron chi connectivity index (χ4n) is 4.04. The summed E-state index contributed by atoms with van der Waals surface area (Å²) in [4.78, 5) is 24.5. The quantitative estimate of drug-likeness (QED) is 0.455. The maximum atomic E-state index is 13.2. The third-order valence-electron chi connectivity index (χ3n) is 6.02. The monoisotopic (exact) mass is 524 g/mol. The number of hydrogen-bond donors (Lipinski definition) is 2. The summed E-state index contributed by atoms with van der Waals surface area (Å²) in [5.74, 6) is -0.923. The van der Waals surface area contributed by atoms with Crippen molar-refractivity contribution >= 4 is 27.3 Å². The average molecular weight is 525 g/mol. The van der Waals surface area contributed by atoms with Crippen molar-refractivity contribution in [1.29, 1.82) is 0 Å². The average Bonchev–Trinajstić information content (AvgIpc) is 2.94. The zero-order chi connectivity index (χ0) is 26.9. The van der Waals surface area contributed by atoms with Gasteiger partial charge in [-0.1, -0.05) is 56.3 Å². The van der Waals surface area contributed by atoms with Crippen LogP contribution in [0, 0.1) is 0 Å². The van der Waals surface area contributed by atoms with Crippen molar-refractivity contribution < 1.29 is 27.5 Å². The summed E-state index contributed by atoms with van der Waals surface area (Å²) >= 11 is 0. The number of hydrogen-bond acceptors (Lipinski definition) is 6. The molecule has 3 aromatic carbocycles. The Labute approximate surface area is 217 Å². The number of nitrogens with one attached hydrogen (secondary N) is 1. The molecule has 1 fully saturated rings. The van der Waals surface area contributed by atoms with Crippen LogP contribution in [0.5, 0.6) is 5.75 Å². The standard InChI is InChI=1S/C26H26N2O6S.C2H6/c27-25(30)26(13-15-33-16-14-26)35(31,32)23-11-9-22(10-12-23)34-18-24(29)28-21-8-4-7-20(17-21)19-5-2-1-3-6-19;1-2/h1-12,17H,13-16,18H2,(H2,27,30)(H,28,29);1-2H3. The van der Waals surface area contributed by atoms with Crippen molar-refractivity contribution in [3.63, 3.8) is 0 Å². The molecule has 0 bridgehead atoms. The number of nitrogens with two attached hydrogens (primary N) is 1. The predicted octanol–water partition coefficient (Wildman–Crippen LogP) is 4.21. The molecule has 9 heteroatoms. The zero-order valence-corrected chi connectivity index (χ0v) is 21.8. The molecule has 3 N–H and O–H groups in total. The van der Waals surface area contributed by atoms with Crippen LogP contribution in [0.3, 0.4) is 0 Å². The Kier molecular flexibility index (Phi) is 9.43. The first-order chi connectivity index (χ1) is 17.8. The van der Waals surface area contributed by atoms with Crippen LogP contribution in [0.15, 0.2) is 83.8 Å². The first kappa shape index (κ1) is 27.9. The minimum absolute atomic E-state index is 0.00849. The van der Waals surface area contributed by atoms with E-state index in [2.05, 4.69) is 5.32 Å². The van der Waals surface area contributed by atoms with Crippen LogP contribution in [0.4, 0.5) is 5.69 Å². The van der Waals surface area contributed by atoms with E-state index in [1.807, 2.05) is 62.4 Å². The predicted molar refractivity (Wildman–Crippen MR) is 143 cm³/mol. The Morgan fingerprint density at radius 1 is 0.919 bits per heavy atom. The molecule has 1 aliphatic rings. The van der Waals surface area contributed by atoms with Gasteiger partial charge in [-0.15, -0.1) is 0 Å². The summed E-state index contributed by atoms with van der Waals surface area (Å²) in [6.45, 7) is 4.03. The Morgan fingerprint density at radius 2 is 1.54 bits per heavy atom. The molecule has 196 valence electrons. The van der Waals surface area contributed by atoms with Crippen LogP contribution in [-0.2, 0) is 24.2 Å². The molecule has 0 spiro atoms. The van der Waals surface area contributed by atoms with Gasteiger partial charge < -0.3 is 20.5 Å². The van der Waals surface area contributed by atoms with Crippen molar-refractivity contribution in [3.8, 4) is 16.9 Å². The number of primary amides is 1. The molecule has 1 heterocycles. The van der Waals surface area contributed by atoms with Gasteiger partial charge in [0.05, 0.1) is 4.90 Å². The topological polar surface area (TPSA) is 125 Å². The van der Waals surface area contributed by atoms with E-state index in [9.17, 15) is 18.0 Å². The third-order valence-corrected chi connectivity index (χ3v) is 8.55. The van der Waals surface area contributed by atoms with Gasteiger partial charge in [0.1, 0.15) is 5.75 Å². The molecule has 0 aliphatic carbocycles. The lowest BCUT2D eigenvalue weighted by atomic mass is 9.98. The first-order valence-corrected chi connectivity index (χ1v) is 13.6. The van der Waals surface area contributed by atoms with Gasteiger partial charge in [0.15, 0.2) is 21.2 Å². The molecular formula is C28H32N2O6S. The van der Waals surface area contributed by atoms with E-state index >= 15 is 0 Å². The Bertz CT molecular complexity index is 1300. The number of sulfone groups is 1. The van der Waals surface area contributed by atoms with E-state index in [1.165, 1.54) is 24.3 Å². The molecule has 8 nitrogen and oxygen atoms in total. The maximum absolute atomic E-state index is 13.2. The van der Waals surface area contributed by atoms with Gasteiger partial charge in [0.25, 0.3) is 5.91 Å². The fraction of sp³-hybridized carbons (Fsp3) is 0.286. The van der Waals surface area contributed by atoms with Gasteiger partial charge in [-0.3, -0.25) is 9.59 Å². The molecule has 1 aliphatic heterocycles. The lowest BCUT2D eigenvalue weighted by Crippen LogP contribution is -2.53. The van der Waals surface area contributed by atoms with E-state index < -0.39 is 20.5 Å². The third kappa shape index (κ3) is 6.36. The fourth-order valence-corrected chi connectivity index (χ4v) is 5.96. The second-order valence-corrected chi connectivity index (χ2v) is 10.5. The van der Waals surface area contributed by atoms with Crippen LogP contribution in [0.1, 0.15) is 26.7 Å². The molecule has 0 unspecified atom stereocenters. The van der Waals surface area contributed by atoms with Gasteiger partial charge in [-0.25, -0.2) is 8.42 Å². The van der Waals surface area contributed by atoms with Crippen LogP contribution in [-0.4, -0.2) is 44.8 Å². The number of benzene rings is 3. The van der Waals surface area contributed by atoms with E-state index in [4.69, 9.17) is 15.2 Å². The van der Waals surface area contributed by atoms with Gasteiger partial charge in [-0.2, -0.15) is 0 Å². The largest absolute Gasteiger partial charge is 0.484 e. The van der Waals surface area contributed by atoms with E-state index in [0.717, 1.165) is 11.1 Å². The Hall–Kier alpha value is -3.69. The summed E-state index contributed by atoms with van der Waals surface area (Å²) in [6.07, 6.45) is 0.0170. The van der Waals surface area contributed by atoms with Gasteiger partial charge in [0.2, 0.25) is 5.91 Å². The molecule has 4 rings (SSSR count). The van der Waals surface area contributed by atoms with Crippen molar-refractivity contribution in [1.82, 2.24) is 0 Å². The smallest absolute Gasteiger partial charge is 0.262 e. The minimum Gasteiger partial charge on any atom is -0.484 e. The number of amides is 2. The second-order valence-electron chi connectivity index (χ2n) is 8.23. The van der Waals surface area contributed by atoms with Crippen molar-refractivity contribution in [3.05, 3.63) is 78.9 Å². The lowest BCUT2D eigenvalue weighted by molar-refractivity contribution is -0.123. The molecule has 3 aromatic rings. The zero-order valence-electron chi connectivity index (χ0n) is 21.0. The second kappa shape index (κ2) is 12.5. The van der Waals surface area contributed by atoms with Crippen LogP contribution in [0.25, 0.3) is 11.1 Å². The highest BCUT2D eigenvalue weighted by Crippen LogP contribution is 2.35. The number of ether oxygens (including phenoxy) is 2. The number of rotatable bonds is 8. The van der Waals surface area contributed by atoms with Crippen LogP contribution >= 0.6 is 0 Å². The summed E-state index contributed by atoms with van der Waals surface area (Å²) in [5, 5.41) is 2.80. The van der Waals surface area contributed by atoms with Crippen LogP contribution < -0.4 is 15.8 Å². The van der Waals surface area contributed by atoms with Crippen LogP contribution in [0.2, 0.25) is 0 Å². The van der Waals surface area contributed by atoms with Gasteiger partial charge in [0, 0.05) is 18.9 Å². The molecule has 1 saturated heterocycles. The van der Waals surface area contributed by atoms with E-state index in [0.29, 0.717) is 11.4 Å².